The minimum atomic E-state index is -0.302. The van der Waals surface area contributed by atoms with Gasteiger partial charge in [0.15, 0.2) is 0 Å². The number of carbonyl (C=O) groups is 1. The van der Waals surface area contributed by atoms with Crippen LogP contribution in [0.2, 0.25) is 10.0 Å². The zero-order valence-corrected chi connectivity index (χ0v) is 12.4. The molecule has 0 aliphatic rings. The Morgan fingerprint density at radius 2 is 1.65 bits per heavy atom. The minimum Gasteiger partial charge on any atom is -0.334 e. The molecule has 0 fully saturated rings. The highest BCUT2D eigenvalue weighted by atomic mass is 35.5. The Labute approximate surface area is 127 Å². The first-order valence-corrected chi connectivity index (χ1v) is 6.85. The molecule has 5 heteroatoms. The van der Waals surface area contributed by atoms with E-state index in [4.69, 9.17) is 23.2 Å². The number of nitrogens with one attached hydrogen (secondary N) is 2. The van der Waals surface area contributed by atoms with E-state index in [0.717, 1.165) is 5.56 Å². The predicted octanol–water partition coefficient (Wildman–Crippen LogP) is 4.62. The number of anilines is 1. The Balaban J connectivity index is 1.90. The molecule has 104 valence electrons. The number of urea groups is 1. The zero-order valence-electron chi connectivity index (χ0n) is 10.9. The lowest BCUT2D eigenvalue weighted by Gasteiger charge is -2.08. The molecular formula is C15H14Cl2N2O. The van der Waals surface area contributed by atoms with E-state index in [1.54, 1.807) is 18.2 Å². The summed E-state index contributed by atoms with van der Waals surface area (Å²) < 4.78 is 0. The highest BCUT2D eigenvalue weighted by Crippen LogP contribution is 2.22. The lowest BCUT2D eigenvalue weighted by Crippen LogP contribution is -2.28. The van der Waals surface area contributed by atoms with Gasteiger partial charge in [-0.15, -0.1) is 0 Å². The Kier molecular flexibility index (Phi) is 4.88. The molecule has 2 rings (SSSR count). The molecule has 20 heavy (non-hydrogen) atoms. The maximum absolute atomic E-state index is 11.8. The van der Waals surface area contributed by atoms with Crippen LogP contribution < -0.4 is 10.6 Å². The Hall–Kier alpha value is -1.71. The monoisotopic (exact) mass is 308 g/mol. The first kappa shape index (κ1) is 14.7. The highest BCUT2D eigenvalue weighted by Gasteiger charge is 2.03. The molecule has 0 aromatic heterocycles. The van der Waals surface area contributed by atoms with Crippen molar-refractivity contribution >= 4 is 34.9 Å². The van der Waals surface area contributed by atoms with Crippen LogP contribution in [-0.2, 0) is 6.54 Å². The molecule has 2 aromatic rings. The SMILES string of the molecule is Cc1ccc(CNC(=O)Nc2cc(Cl)cc(Cl)c2)cc1. The number of amides is 2. The average molecular weight is 309 g/mol. The molecular weight excluding hydrogens is 295 g/mol. The molecule has 0 aliphatic carbocycles. The molecule has 2 amide bonds. The van der Waals surface area contributed by atoms with Crippen LogP contribution in [0.4, 0.5) is 10.5 Å². The topological polar surface area (TPSA) is 41.1 Å². The van der Waals surface area contributed by atoms with Crippen LogP contribution in [0.1, 0.15) is 11.1 Å². The third-order valence-corrected chi connectivity index (χ3v) is 3.13. The minimum absolute atomic E-state index is 0.302. The van der Waals surface area contributed by atoms with Gasteiger partial charge in [-0.3, -0.25) is 0 Å². The molecule has 0 spiro atoms. The number of aryl methyl sites for hydroxylation is 1. The molecule has 0 saturated carbocycles. The fourth-order valence-electron chi connectivity index (χ4n) is 1.69. The lowest BCUT2D eigenvalue weighted by molar-refractivity contribution is 0.251. The second-order valence-electron chi connectivity index (χ2n) is 4.45. The summed E-state index contributed by atoms with van der Waals surface area (Å²) in [7, 11) is 0. The molecule has 2 N–H and O–H groups in total. The van der Waals surface area contributed by atoms with Gasteiger partial charge in [-0.2, -0.15) is 0 Å². The van der Waals surface area contributed by atoms with Crippen LogP contribution in [0.15, 0.2) is 42.5 Å². The van der Waals surface area contributed by atoms with Crippen molar-refractivity contribution in [3.63, 3.8) is 0 Å². The third-order valence-electron chi connectivity index (χ3n) is 2.69. The predicted molar refractivity (Wildman–Crippen MR) is 83.5 cm³/mol. The van der Waals surface area contributed by atoms with Crippen molar-refractivity contribution in [2.75, 3.05) is 5.32 Å². The van der Waals surface area contributed by atoms with Gasteiger partial charge >= 0.3 is 6.03 Å². The second kappa shape index (κ2) is 6.64. The molecule has 0 bridgehead atoms. The fourth-order valence-corrected chi connectivity index (χ4v) is 2.22. The van der Waals surface area contributed by atoms with Crippen molar-refractivity contribution in [1.82, 2.24) is 5.32 Å². The lowest BCUT2D eigenvalue weighted by atomic mass is 10.1. The fraction of sp³-hybridized carbons (Fsp3) is 0.133. The summed E-state index contributed by atoms with van der Waals surface area (Å²) in [5.74, 6) is 0. The van der Waals surface area contributed by atoms with E-state index in [2.05, 4.69) is 10.6 Å². The molecule has 3 nitrogen and oxygen atoms in total. The standard InChI is InChI=1S/C15H14Cl2N2O/c1-10-2-4-11(5-3-10)9-18-15(20)19-14-7-12(16)6-13(17)8-14/h2-8H,9H2,1H3,(H2,18,19,20). The second-order valence-corrected chi connectivity index (χ2v) is 5.32. The summed E-state index contributed by atoms with van der Waals surface area (Å²) in [6, 6.07) is 12.6. The van der Waals surface area contributed by atoms with Crippen LogP contribution in [0.3, 0.4) is 0 Å². The molecule has 0 heterocycles. The molecule has 0 aliphatic heterocycles. The maximum atomic E-state index is 11.8. The molecule has 2 aromatic carbocycles. The number of benzene rings is 2. The Morgan fingerprint density at radius 1 is 1.05 bits per heavy atom. The van der Waals surface area contributed by atoms with Gasteiger partial charge in [0.05, 0.1) is 0 Å². The largest absolute Gasteiger partial charge is 0.334 e. The van der Waals surface area contributed by atoms with Crippen LogP contribution in [0.5, 0.6) is 0 Å². The van der Waals surface area contributed by atoms with Gasteiger partial charge < -0.3 is 10.6 Å². The number of hydrogen-bond donors (Lipinski definition) is 2. The first-order valence-electron chi connectivity index (χ1n) is 6.09. The van der Waals surface area contributed by atoms with Crippen molar-refractivity contribution in [3.8, 4) is 0 Å². The van der Waals surface area contributed by atoms with Crippen molar-refractivity contribution in [2.24, 2.45) is 0 Å². The number of halogens is 2. The Morgan fingerprint density at radius 3 is 2.25 bits per heavy atom. The van der Waals surface area contributed by atoms with Gasteiger partial charge in [-0.1, -0.05) is 53.0 Å². The van der Waals surface area contributed by atoms with Gasteiger partial charge in [-0.25, -0.2) is 4.79 Å². The van der Waals surface area contributed by atoms with Gasteiger partial charge in [0.25, 0.3) is 0 Å². The Bertz CT molecular complexity index is 592. The van der Waals surface area contributed by atoms with Crippen LogP contribution in [0.25, 0.3) is 0 Å². The maximum Gasteiger partial charge on any atom is 0.319 e. The normalized spacial score (nSPS) is 10.2. The van der Waals surface area contributed by atoms with E-state index in [-0.39, 0.29) is 6.03 Å². The molecule has 0 unspecified atom stereocenters. The van der Waals surface area contributed by atoms with Crippen molar-refractivity contribution in [1.29, 1.82) is 0 Å². The smallest absolute Gasteiger partial charge is 0.319 e. The average Bonchev–Trinajstić information content (AvgIpc) is 2.37. The van der Waals surface area contributed by atoms with Crippen molar-refractivity contribution in [3.05, 3.63) is 63.6 Å². The summed E-state index contributed by atoms with van der Waals surface area (Å²) >= 11 is 11.7. The van der Waals surface area contributed by atoms with E-state index in [0.29, 0.717) is 22.3 Å². The third kappa shape index (κ3) is 4.44. The number of carbonyl (C=O) groups excluding carboxylic acids is 1. The van der Waals surface area contributed by atoms with E-state index >= 15 is 0 Å². The zero-order chi connectivity index (χ0) is 14.5. The summed E-state index contributed by atoms with van der Waals surface area (Å²) in [5, 5.41) is 6.41. The van der Waals surface area contributed by atoms with Gasteiger partial charge in [-0.05, 0) is 30.7 Å². The van der Waals surface area contributed by atoms with E-state index < -0.39 is 0 Å². The number of hydrogen-bond acceptors (Lipinski definition) is 1. The number of rotatable bonds is 3. The van der Waals surface area contributed by atoms with Gasteiger partial charge in [0.1, 0.15) is 0 Å². The van der Waals surface area contributed by atoms with Gasteiger partial charge in [0.2, 0.25) is 0 Å². The summed E-state index contributed by atoms with van der Waals surface area (Å²) in [5.41, 5.74) is 2.78. The summed E-state index contributed by atoms with van der Waals surface area (Å²) in [6.45, 7) is 2.48. The van der Waals surface area contributed by atoms with E-state index in [9.17, 15) is 4.79 Å². The van der Waals surface area contributed by atoms with E-state index in [1.807, 2.05) is 31.2 Å². The van der Waals surface area contributed by atoms with Crippen molar-refractivity contribution < 1.29 is 4.79 Å². The quantitative estimate of drug-likeness (QED) is 0.853. The van der Waals surface area contributed by atoms with Crippen LogP contribution in [0, 0.1) is 6.92 Å². The first-order chi connectivity index (χ1) is 9.52. The molecule has 0 atom stereocenters. The summed E-state index contributed by atoms with van der Waals surface area (Å²) in [4.78, 5) is 11.8. The van der Waals surface area contributed by atoms with Crippen LogP contribution >= 0.6 is 23.2 Å². The van der Waals surface area contributed by atoms with Crippen LogP contribution in [-0.4, -0.2) is 6.03 Å². The molecule has 0 saturated heterocycles. The van der Waals surface area contributed by atoms with E-state index in [1.165, 1.54) is 5.56 Å². The highest BCUT2D eigenvalue weighted by molar-refractivity contribution is 6.35. The molecule has 0 radical (unpaired) electrons. The summed E-state index contributed by atoms with van der Waals surface area (Å²) in [6.07, 6.45) is 0. The van der Waals surface area contributed by atoms with Crippen molar-refractivity contribution in [2.45, 2.75) is 13.5 Å². The van der Waals surface area contributed by atoms with Gasteiger partial charge in [0, 0.05) is 22.3 Å².